The molecule has 0 aliphatic carbocycles. The summed E-state index contributed by atoms with van der Waals surface area (Å²) in [6.45, 7) is 8.93. The summed E-state index contributed by atoms with van der Waals surface area (Å²) < 4.78 is 23.1. The van der Waals surface area contributed by atoms with Gasteiger partial charge in [-0.25, -0.2) is 4.79 Å². The number of benzene rings is 1. The molecule has 1 aliphatic rings. The van der Waals surface area contributed by atoms with E-state index in [-0.39, 0.29) is 5.43 Å². The lowest BCUT2D eigenvalue weighted by Gasteiger charge is -2.39. The normalized spacial score (nSPS) is 18.6. The summed E-state index contributed by atoms with van der Waals surface area (Å²) in [6, 6.07) is 3.14. The summed E-state index contributed by atoms with van der Waals surface area (Å²) >= 11 is 0. The molecule has 1 atom stereocenters. The third-order valence-corrected chi connectivity index (χ3v) is 4.91. The van der Waals surface area contributed by atoms with E-state index in [1.54, 1.807) is 32.9 Å². The van der Waals surface area contributed by atoms with Crippen LogP contribution in [0, 0.1) is 6.92 Å². The Balaban J connectivity index is 2.14. The maximum atomic E-state index is 12.5. The number of rotatable bonds is 3. The number of aryl methyl sites for hydroxylation is 1. The predicted molar refractivity (Wildman–Crippen MR) is 101 cm³/mol. The Morgan fingerprint density at radius 1 is 1.33 bits per heavy atom. The minimum Gasteiger partial charge on any atom is -0.495 e. The van der Waals surface area contributed by atoms with E-state index < -0.39 is 17.7 Å². The number of carbonyl (C=O) groups excluding carboxylic acids is 1. The molecular formula is C21H24O6. The van der Waals surface area contributed by atoms with Gasteiger partial charge in [-0.1, -0.05) is 6.08 Å². The maximum absolute atomic E-state index is 12.5. The molecule has 2 aromatic rings. The van der Waals surface area contributed by atoms with Crippen molar-refractivity contribution in [1.29, 1.82) is 0 Å². The van der Waals surface area contributed by atoms with Gasteiger partial charge in [0.05, 0.1) is 7.11 Å². The molecular weight excluding hydrogens is 348 g/mol. The Bertz CT molecular complexity index is 996. The fourth-order valence-electron chi connectivity index (χ4n) is 3.24. The SMILES string of the molecule is C/C=C(\C)C(=O)O[C@@H]1Cc2c(cc3oc(C)cc(=O)c3c2OC)OC1(C)C. The van der Waals surface area contributed by atoms with Crippen LogP contribution < -0.4 is 14.9 Å². The van der Waals surface area contributed by atoms with Crippen molar-refractivity contribution in [2.45, 2.75) is 52.7 Å². The molecule has 0 N–H and O–H groups in total. The Hall–Kier alpha value is -2.76. The standard InChI is InChI=1S/C21H24O6/c1-7-11(2)20(23)26-17-9-13-15(27-21(17,4)5)10-16-18(19(13)24-6)14(22)8-12(3)25-16/h7-8,10,17H,9H2,1-6H3/b11-7+/t17-/m1/s1. The summed E-state index contributed by atoms with van der Waals surface area (Å²) in [5.74, 6) is 1.08. The van der Waals surface area contributed by atoms with E-state index in [9.17, 15) is 9.59 Å². The monoisotopic (exact) mass is 372 g/mol. The first-order valence-corrected chi connectivity index (χ1v) is 8.85. The van der Waals surface area contributed by atoms with E-state index in [1.165, 1.54) is 13.2 Å². The number of hydrogen-bond donors (Lipinski definition) is 0. The summed E-state index contributed by atoms with van der Waals surface area (Å²) in [4.78, 5) is 24.8. The van der Waals surface area contributed by atoms with Crippen LogP contribution in [0.3, 0.4) is 0 Å². The van der Waals surface area contributed by atoms with Crippen LogP contribution in [0.2, 0.25) is 0 Å². The van der Waals surface area contributed by atoms with Gasteiger partial charge in [-0.3, -0.25) is 4.79 Å². The van der Waals surface area contributed by atoms with E-state index in [2.05, 4.69) is 0 Å². The van der Waals surface area contributed by atoms with Crippen molar-refractivity contribution < 1.29 is 23.4 Å². The highest BCUT2D eigenvalue weighted by Gasteiger charge is 2.42. The topological polar surface area (TPSA) is 75.0 Å². The Labute approximate surface area is 157 Å². The third kappa shape index (κ3) is 3.31. The zero-order chi connectivity index (χ0) is 19.9. The van der Waals surface area contributed by atoms with Gasteiger partial charge < -0.3 is 18.6 Å². The zero-order valence-corrected chi connectivity index (χ0v) is 16.5. The number of carbonyl (C=O) groups is 1. The summed E-state index contributed by atoms with van der Waals surface area (Å²) in [5, 5.41) is 0.361. The minimum atomic E-state index is -0.751. The van der Waals surface area contributed by atoms with Gasteiger partial charge in [0.25, 0.3) is 0 Å². The fourth-order valence-corrected chi connectivity index (χ4v) is 3.24. The lowest BCUT2D eigenvalue weighted by Crippen LogP contribution is -2.49. The van der Waals surface area contributed by atoms with Gasteiger partial charge in [0.15, 0.2) is 5.43 Å². The number of allylic oxidation sites excluding steroid dienone is 1. The van der Waals surface area contributed by atoms with E-state index in [1.807, 2.05) is 13.8 Å². The van der Waals surface area contributed by atoms with Crippen LogP contribution in [0.25, 0.3) is 11.0 Å². The number of ether oxygens (including phenoxy) is 3. The molecule has 0 radical (unpaired) electrons. The molecule has 6 heteroatoms. The average Bonchev–Trinajstić information content (AvgIpc) is 2.59. The second-order valence-electron chi connectivity index (χ2n) is 7.26. The molecule has 1 aromatic carbocycles. The molecule has 0 saturated carbocycles. The molecule has 27 heavy (non-hydrogen) atoms. The summed E-state index contributed by atoms with van der Waals surface area (Å²) in [7, 11) is 1.50. The number of methoxy groups -OCH3 is 1. The Morgan fingerprint density at radius 2 is 2.04 bits per heavy atom. The quantitative estimate of drug-likeness (QED) is 0.604. The highest BCUT2D eigenvalue weighted by Crippen LogP contribution is 2.43. The zero-order valence-electron chi connectivity index (χ0n) is 16.5. The van der Waals surface area contributed by atoms with E-state index >= 15 is 0 Å². The molecule has 0 amide bonds. The molecule has 0 fully saturated rings. The summed E-state index contributed by atoms with van der Waals surface area (Å²) in [5.41, 5.74) is 0.692. The fraction of sp³-hybridized carbons (Fsp3) is 0.429. The van der Waals surface area contributed by atoms with Gasteiger partial charge in [0, 0.05) is 29.7 Å². The van der Waals surface area contributed by atoms with Gasteiger partial charge >= 0.3 is 5.97 Å². The first-order valence-electron chi connectivity index (χ1n) is 8.85. The molecule has 3 rings (SSSR count). The Morgan fingerprint density at radius 3 is 2.67 bits per heavy atom. The molecule has 0 bridgehead atoms. The van der Waals surface area contributed by atoms with Gasteiger partial charge in [-0.05, 0) is 34.6 Å². The highest BCUT2D eigenvalue weighted by atomic mass is 16.6. The average molecular weight is 372 g/mol. The van der Waals surface area contributed by atoms with Gasteiger partial charge in [0.1, 0.15) is 39.9 Å². The molecule has 0 spiro atoms. The van der Waals surface area contributed by atoms with Crippen molar-refractivity contribution in [3.05, 3.63) is 45.3 Å². The molecule has 0 saturated heterocycles. The smallest absolute Gasteiger partial charge is 0.333 e. The molecule has 0 unspecified atom stereocenters. The van der Waals surface area contributed by atoms with Crippen LogP contribution >= 0.6 is 0 Å². The van der Waals surface area contributed by atoms with Gasteiger partial charge in [0.2, 0.25) is 0 Å². The largest absolute Gasteiger partial charge is 0.495 e. The van der Waals surface area contributed by atoms with Crippen LogP contribution in [-0.2, 0) is 16.0 Å². The van der Waals surface area contributed by atoms with Gasteiger partial charge in [-0.15, -0.1) is 0 Å². The summed E-state index contributed by atoms with van der Waals surface area (Å²) in [6.07, 6.45) is 1.54. The van der Waals surface area contributed by atoms with E-state index in [0.717, 1.165) is 0 Å². The first-order chi connectivity index (χ1) is 12.7. The van der Waals surface area contributed by atoms with E-state index in [0.29, 0.717) is 45.8 Å². The van der Waals surface area contributed by atoms with Crippen LogP contribution in [-0.4, -0.2) is 24.8 Å². The van der Waals surface area contributed by atoms with Crippen molar-refractivity contribution in [2.24, 2.45) is 0 Å². The third-order valence-electron chi connectivity index (χ3n) is 4.91. The van der Waals surface area contributed by atoms with Gasteiger partial charge in [-0.2, -0.15) is 0 Å². The van der Waals surface area contributed by atoms with Crippen LogP contribution in [0.15, 0.2) is 33.0 Å². The van der Waals surface area contributed by atoms with Crippen molar-refractivity contribution in [2.75, 3.05) is 7.11 Å². The number of esters is 1. The molecule has 144 valence electrons. The van der Waals surface area contributed by atoms with Crippen molar-refractivity contribution in [3.63, 3.8) is 0 Å². The second kappa shape index (κ2) is 6.76. The maximum Gasteiger partial charge on any atom is 0.333 e. The molecule has 6 nitrogen and oxygen atoms in total. The molecule has 2 heterocycles. The molecule has 1 aromatic heterocycles. The van der Waals surface area contributed by atoms with Crippen molar-refractivity contribution in [1.82, 2.24) is 0 Å². The highest BCUT2D eigenvalue weighted by molar-refractivity contribution is 5.89. The lowest BCUT2D eigenvalue weighted by molar-refractivity contribution is -0.156. The van der Waals surface area contributed by atoms with Crippen molar-refractivity contribution >= 4 is 16.9 Å². The predicted octanol–water partition coefficient (Wildman–Crippen LogP) is 3.70. The van der Waals surface area contributed by atoms with Crippen LogP contribution in [0.5, 0.6) is 11.5 Å². The van der Waals surface area contributed by atoms with E-state index in [4.69, 9.17) is 18.6 Å². The van der Waals surface area contributed by atoms with Crippen molar-refractivity contribution in [3.8, 4) is 11.5 Å². The Kier molecular flexibility index (Phi) is 4.76. The number of fused-ring (bicyclic) bond motifs is 2. The van der Waals surface area contributed by atoms with Crippen LogP contribution in [0.1, 0.15) is 39.0 Å². The van der Waals surface area contributed by atoms with Crippen LogP contribution in [0.4, 0.5) is 0 Å². The molecule has 1 aliphatic heterocycles. The minimum absolute atomic E-state index is 0.184. The second-order valence-corrected chi connectivity index (χ2v) is 7.26. The lowest BCUT2D eigenvalue weighted by atomic mass is 9.89. The first kappa shape index (κ1) is 19.0. The number of hydrogen-bond acceptors (Lipinski definition) is 6.